The zero-order chi connectivity index (χ0) is 11.7. The van der Waals surface area contributed by atoms with Crippen LogP contribution in [0, 0.1) is 6.92 Å². The van der Waals surface area contributed by atoms with E-state index in [-0.39, 0.29) is 0 Å². The average Bonchev–Trinajstić information content (AvgIpc) is 2.20. The maximum Gasteiger partial charge on any atom is 0.162 e. The SMILES string of the molecule is Cc1cc(N)nc(-c2cc(Cl)ccc2Br)n1. The molecular formula is C11H9BrClN3. The number of benzene rings is 1. The van der Waals surface area contributed by atoms with Crippen LogP contribution < -0.4 is 5.73 Å². The summed E-state index contributed by atoms with van der Waals surface area (Å²) >= 11 is 9.38. The quantitative estimate of drug-likeness (QED) is 0.877. The van der Waals surface area contributed by atoms with Crippen molar-refractivity contribution in [1.29, 1.82) is 0 Å². The number of aryl methyl sites for hydroxylation is 1. The van der Waals surface area contributed by atoms with Gasteiger partial charge in [-0.1, -0.05) is 27.5 Å². The maximum atomic E-state index is 5.94. The highest BCUT2D eigenvalue weighted by atomic mass is 79.9. The first kappa shape index (κ1) is 11.4. The van der Waals surface area contributed by atoms with Crippen molar-refractivity contribution in [2.24, 2.45) is 0 Å². The molecule has 0 unspecified atom stereocenters. The van der Waals surface area contributed by atoms with Gasteiger partial charge >= 0.3 is 0 Å². The van der Waals surface area contributed by atoms with Gasteiger partial charge in [0.25, 0.3) is 0 Å². The molecule has 5 heteroatoms. The second kappa shape index (κ2) is 4.39. The van der Waals surface area contributed by atoms with Gasteiger partial charge in [0.15, 0.2) is 5.82 Å². The summed E-state index contributed by atoms with van der Waals surface area (Å²) < 4.78 is 0.891. The predicted octanol–water partition coefficient (Wildman–Crippen LogP) is 3.45. The molecule has 16 heavy (non-hydrogen) atoms. The molecular weight excluding hydrogens is 289 g/mol. The molecule has 0 radical (unpaired) electrons. The molecule has 0 saturated heterocycles. The van der Waals surface area contributed by atoms with Crippen LogP contribution in [-0.2, 0) is 0 Å². The fourth-order valence-corrected chi connectivity index (χ4v) is 1.98. The Kier molecular flexibility index (Phi) is 3.12. The lowest BCUT2D eigenvalue weighted by atomic mass is 10.2. The summed E-state index contributed by atoms with van der Waals surface area (Å²) in [6.07, 6.45) is 0. The van der Waals surface area contributed by atoms with Gasteiger partial charge in [0.2, 0.25) is 0 Å². The van der Waals surface area contributed by atoms with Gasteiger partial charge in [-0.05, 0) is 25.1 Å². The van der Waals surface area contributed by atoms with E-state index in [4.69, 9.17) is 17.3 Å². The molecule has 0 aliphatic rings. The minimum absolute atomic E-state index is 0.453. The number of hydrogen-bond acceptors (Lipinski definition) is 3. The Morgan fingerprint density at radius 2 is 2.00 bits per heavy atom. The van der Waals surface area contributed by atoms with Crippen LogP contribution in [0.25, 0.3) is 11.4 Å². The molecule has 0 bridgehead atoms. The second-order valence-electron chi connectivity index (χ2n) is 3.38. The van der Waals surface area contributed by atoms with Gasteiger partial charge in [-0.15, -0.1) is 0 Å². The zero-order valence-electron chi connectivity index (χ0n) is 8.54. The molecule has 1 aromatic heterocycles. The average molecular weight is 299 g/mol. The molecule has 0 amide bonds. The van der Waals surface area contributed by atoms with E-state index in [1.165, 1.54) is 0 Å². The van der Waals surface area contributed by atoms with E-state index in [1.54, 1.807) is 18.2 Å². The molecule has 82 valence electrons. The third-order valence-electron chi connectivity index (χ3n) is 2.04. The molecule has 0 saturated carbocycles. The summed E-state index contributed by atoms with van der Waals surface area (Å²) in [6, 6.07) is 7.19. The van der Waals surface area contributed by atoms with Crippen molar-refractivity contribution in [2.45, 2.75) is 6.92 Å². The van der Waals surface area contributed by atoms with Crippen LogP contribution in [0.15, 0.2) is 28.7 Å². The van der Waals surface area contributed by atoms with Crippen molar-refractivity contribution < 1.29 is 0 Å². The van der Waals surface area contributed by atoms with Crippen LogP contribution in [0.1, 0.15) is 5.69 Å². The molecule has 2 aromatic rings. The monoisotopic (exact) mass is 297 g/mol. The van der Waals surface area contributed by atoms with Gasteiger partial charge in [-0.2, -0.15) is 0 Å². The van der Waals surface area contributed by atoms with E-state index in [1.807, 2.05) is 13.0 Å². The molecule has 0 aliphatic carbocycles. The normalized spacial score (nSPS) is 10.4. The number of rotatable bonds is 1. The van der Waals surface area contributed by atoms with Crippen LogP contribution in [0.4, 0.5) is 5.82 Å². The molecule has 0 aliphatic heterocycles. The Balaban J connectivity index is 2.62. The van der Waals surface area contributed by atoms with Crippen molar-refractivity contribution in [3.63, 3.8) is 0 Å². The number of nitrogen functional groups attached to an aromatic ring is 1. The van der Waals surface area contributed by atoms with Crippen LogP contribution in [0.2, 0.25) is 5.02 Å². The number of anilines is 1. The first-order valence-corrected chi connectivity index (χ1v) is 5.80. The van der Waals surface area contributed by atoms with Crippen LogP contribution in [0.3, 0.4) is 0 Å². The Morgan fingerprint density at radius 3 is 2.69 bits per heavy atom. The number of nitrogens with zero attached hydrogens (tertiary/aromatic N) is 2. The summed E-state index contributed by atoms with van der Waals surface area (Å²) in [5.41, 5.74) is 7.35. The summed E-state index contributed by atoms with van der Waals surface area (Å²) in [6.45, 7) is 1.87. The standard InChI is InChI=1S/C11H9BrClN3/c1-6-4-10(14)16-11(15-6)8-5-7(13)2-3-9(8)12/h2-5H,1H3,(H2,14,15,16). The van der Waals surface area contributed by atoms with E-state index in [0.29, 0.717) is 16.7 Å². The summed E-state index contributed by atoms with van der Waals surface area (Å²) in [5, 5.41) is 0.641. The molecule has 2 N–H and O–H groups in total. The number of aromatic nitrogens is 2. The van der Waals surface area contributed by atoms with Crippen molar-refractivity contribution in [3.05, 3.63) is 39.5 Å². The van der Waals surface area contributed by atoms with E-state index in [9.17, 15) is 0 Å². The second-order valence-corrected chi connectivity index (χ2v) is 4.67. The Hall–Kier alpha value is -1.13. The van der Waals surface area contributed by atoms with Crippen LogP contribution >= 0.6 is 27.5 Å². The van der Waals surface area contributed by atoms with Gasteiger partial charge in [-0.3, -0.25) is 0 Å². The lowest BCUT2D eigenvalue weighted by Crippen LogP contribution is -1.98. The molecule has 1 aromatic carbocycles. The van der Waals surface area contributed by atoms with Gasteiger partial charge in [0.05, 0.1) is 0 Å². The van der Waals surface area contributed by atoms with Crippen molar-refractivity contribution >= 4 is 33.3 Å². The van der Waals surface area contributed by atoms with Crippen LogP contribution in [-0.4, -0.2) is 9.97 Å². The Morgan fingerprint density at radius 1 is 1.25 bits per heavy atom. The fraction of sp³-hybridized carbons (Fsp3) is 0.0909. The number of halogens is 2. The lowest BCUT2D eigenvalue weighted by Gasteiger charge is -2.05. The van der Waals surface area contributed by atoms with Gasteiger partial charge < -0.3 is 5.73 Å². The van der Waals surface area contributed by atoms with Gasteiger partial charge in [0.1, 0.15) is 5.82 Å². The van der Waals surface area contributed by atoms with Crippen LogP contribution in [0.5, 0.6) is 0 Å². The van der Waals surface area contributed by atoms with E-state index < -0.39 is 0 Å². The molecule has 3 nitrogen and oxygen atoms in total. The van der Waals surface area contributed by atoms with E-state index in [2.05, 4.69) is 25.9 Å². The summed E-state index contributed by atoms with van der Waals surface area (Å²) in [7, 11) is 0. The van der Waals surface area contributed by atoms with Crippen molar-refractivity contribution in [1.82, 2.24) is 9.97 Å². The smallest absolute Gasteiger partial charge is 0.162 e. The predicted molar refractivity (Wildman–Crippen MR) is 69.3 cm³/mol. The van der Waals surface area contributed by atoms with E-state index in [0.717, 1.165) is 15.7 Å². The molecule has 0 spiro atoms. The first-order valence-electron chi connectivity index (χ1n) is 4.63. The van der Waals surface area contributed by atoms with Gasteiger partial charge in [-0.25, -0.2) is 9.97 Å². The number of nitrogens with two attached hydrogens (primary N) is 1. The highest BCUT2D eigenvalue weighted by Crippen LogP contribution is 2.29. The third kappa shape index (κ3) is 2.33. The fourth-order valence-electron chi connectivity index (χ4n) is 1.38. The summed E-state index contributed by atoms with van der Waals surface area (Å²) in [5.74, 6) is 1.03. The minimum atomic E-state index is 0.453. The molecule has 0 fully saturated rings. The first-order chi connectivity index (χ1) is 7.56. The highest BCUT2D eigenvalue weighted by Gasteiger charge is 2.08. The summed E-state index contributed by atoms with van der Waals surface area (Å²) in [4.78, 5) is 8.51. The Labute approximate surface area is 107 Å². The molecule has 1 heterocycles. The van der Waals surface area contributed by atoms with Gasteiger partial charge in [0, 0.05) is 26.8 Å². The Bertz CT molecular complexity index is 522. The topological polar surface area (TPSA) is 51.8 Å². The lowest BCUT2D eigenvalue weighted by molar-refractivity contribution is 1.12. The minimum Gasteiger partial charge on any atom is -0.384 e. The van der Waals surface area contributed by atoms with Crippen molar-refractivity contribution in [2.75, 3.05) is 5.73 Å². The van der Waals surface area contributed by atoms with E-state index >= 15 is 0 Å². The highest BCUT2D eigenvalue weighted by molar-refractivity contribution is 9.10. The maximum absolute atomic E-state index is 5.94. The zero-order valence-corrected chi connectivity index (χ0v) is 10.9. The largest absolute Gasteiger partial charge is 0.384 e. The molecule has 2 rings (SSSR count). The number of hydrogen-bond donors (Lipinski definition) is 1. The third-order valence-corrected chi connectivity index (χ3v) is 2.97. The van der Waals surface area contributed by atoms with Crippen molar-refractivity contribution in [3.8, 4) is 11.4 Å². The molecule has 0 atom stereocenters.